The molecule has 0 radical (unpaired) electrons. The van der Waals surface area contributed by atoms with E-state index in [4.69, 9.17) is 4.42 Å². The van der Waals surface area contributed by atoms with Gasteiger partial charge in [0.1, 0.15) is 17.3 Å². The predicted molar refractivity (Wildman–Crippen MR) is 91.3 cm³/mol. The van der Waals surface area contributed by atoms with E-state index in [0.29, 0.717) is 5.92 Å². The first-order valence-electron chi connectivity index (χ1n) is 9.05. The highest BCUT2D eigenvalue weighted by Crippen LogP contribution is 2.32. The minimum atomic E-state index is 0.146. The van der Waals surface area contributed by atoms with E-state index in [-0.39, 0.29) is 5.91 Å². The predicted octanol–water partition coefficient (Wildman–Crippen LogP) is 3.52. The number of aromatic amines is 1. The maximum Gasteiger partial charge on any atom is 0.257 e. The Hall–Kier alpha value is -2.04. The fourth-order valence-electron chi connectivity index (χ4n) is 4.17. The second-order valence-electron chi connectivity index (χ2n) is 7.18. The molecule has 1 amide bonds. The molecular weight excluding hydrogens is 302 g/mol. The summed E-state index contributed by atoms with van der Waals surface area (Å²) in [4.78, 5) is 23.0. The maximum atomic E-state index is 13.2. The van der Waals surface area contributed by atoms with Crippen LogP contribution in [0.1, 0.15) is 70.6 Å². The molecule has 5 heteroatoms. The molecule has 0 spiro atoms. The highest BCUT2D eigenvalue weighted by atomic mass is 16.3. The molecule has 0 aromatic carbocycles. The summed E-state index contributed by atoms with van der Waals surface area (Å²) in [5.74, 6) is 3.29. The summed E-state index contributed by atoms with van der Waals surface area (Å²) in [5, 5.41) is 0. The zero-order valence-electron chi connectivity index (χ0n) is 14.5. The molecule has 2 aromatic rings. The van der Waals surface area contributed by atoms with Crippen molar-refractivity contribution in [3.05, 3.63) is 40.4 Å². The molecule has 1 aliphatic heterocycles. The van der Waals surface area contributed by atoms with Crippen LogP contribution in [0.2, 0.25) is 0 Å². The zero-order chi connectivity index (χ0) is 16.7. The first-order valence-corrected chi connectivity index (χ1v) is 9.05. The Morgan fingerprint density at radius 3 is 2.92 bits per heavy atom. The van der Waals surface area contributed by atoms with E-state index in [9.17, 15) is 4.79 Å². The van der Waals surface area contributed by atoms with E-state index in [1.807, 2.05) is 24.9 Å². The van der Waals surface area contributed by atoms with Crippen LogP contribution in [0.3, 0.4) is 0 Å². The van der Waals surface area contributed by atoms with Crippen molar-refractivity contribution in [1.82, 2.24) is 14.9 Å². The van der Waals surface area contributed by atoms with Gasteiger partial charge in [-0.15, -0.1) is 0 Å². The Labute approximate surface area is 142 Å². The number of carbonyl (C=O) groups is 1. The third-order valence-corrected chi connectivity index (χ3v) is 5.38. The molecule has 4 rings (SSSR count). The number of nitrogens with zero attached hydrogens (tertiary/aromatic N) is 2. The standard InChI is InChI=1S/C19H25N3O2/c1-12-10-20-18(21-12)14-6-5-9-22(11-14)19(23)17-13(2)24-16-8-4-3-7-15(16)17/h10,14H,3-9,11H2,1-2H3,(H,20,21). The summed E-state index contributed by atoms with van der Waals surface area (Å²) in [6, 6.07) is 0. The Bertz CT molecular complexity index is 759. The van der Waals surface area contributed by atoms with Crippen LogP contribution in [-0.2, 0) is 12.8 Å². The van der Waals surface area contributed by atoms with Crippen LogP contribution in [0.4, 0.5) is 0 Å². The van der Waals surface area contributed by atoms with Crippen molar-refractivity contribution in [1.29, 1.82) is 0 Å². The Morgan fingerprint density at radius 1 is 1.29 bits per heavy atom. The van der Waals surface area contributed by atoms with Gasteiger partial charge < -0.3 is 14.3 Å². The lowest BCUT2D eigenvalue weighted by atomic mass is 9.92. The quantitative estimate of drug-likeness (QED) is 0.918. The lowest BCUT2D eigenvalue weighted by Crippen LogP contribution is -2.40. The second-order valence-corrected chi connectivity index (χ2v) is 7.18. The number of aromatic nitrogens is 2. The number of carbonyl (C=O) groups excluding carboxylic acids is 1. The number of amides is 1. The first kappa shape index (κ1) is 15.5. The third kappa shape index (κ3) is 2.66. The summed E-state index contributed by atoms with van der Waals surface area (Å²) in [7, 11) is 0. The minimum Gasteiger partial charge on any atom is -0.465 e. The molecule has 1 N–H and O–H groups in total. The molecule has 0 bridgehead atoms. The number of aryl methyl sites for hydroxylation is 3. The number of hydrogen-bond donors (Lipinski definition) is 1. The monoisotopic (exact) mass is 327 g/mol. The van der Waals surface area contributed by atoms with Gasteiger partial charge in [-0.05, 0) is 46.0 Å². The summed E-state index contributed by atoms with van der Waals surface area (Å²) >= 11 is 0. The fraction of sp³-hybridized carbons (Fsp3) is 0.579. The lowest BCUT2D eigenvalue weighted by molar-refractivity contribution is 0.0702. The smallest absolute Gasteiger partial charge is 0.257 e. The van der Waals surface area contributed by atoms with Gasteiger partial charge in [-0.3, -0.25) is 4.79 Å². The van der Waals surface area contributed by atoms with E-state index in [0.717, 1.165) is 80.2 Å². The van der Waals surface area contributed by atoms with Gasteiger partial charge in [-0.1, -0.05) is 0 Å². The van der Waals surface area contributed by atoms with Gasteiger partial charge in [0.25, 0.3) is 5.91 Å². The van der Waals surface area contributed by atoms with Crippen LogP contribution in [0.25, 0.3) is 0 Å². The minimum absolute atomic E-state index is 0.146. The van der Waals surface area contributed by atoms with Crippen LogP contribution in [0.5, 0.6) is 0 Å². The first-order chi connectivity index (χ1) is 11.6. The van der Waals surface area contributed by atoms with E-state index >= 15 is 0 Å². The Kier molecular flexibility index (Phi) is 3.94. The molecule has 1 aliphatic carbocycles. The van der Waals surface area contributed by atoms with Gasteiger partial charge in [0.15, 0.2) is 0 Å². The number of hydrogen-bond acceptors (Lipinski definition) is 3. The van der Waals surface area contributed by atoms with Gasteiger partial charge in [0, 0.05) is 42.9 Å². The van der Waals surface area contributed by atoms with Crippen molar-refractivity contribution in [2.75, 3.05) is 13.1 Å². The largest absolute Gasteiger partial charge is 0.465 e. The molecule has 128 valence electrons. The third-order valence-electron chi connectivity index (χ3n) is 5.38. The summed E-state index contributed by atoms with van der Waals surface area (Å²) in [6.45, 7) is 5.52. The number of imidazole rings is 1. The lowest BCUT2D eigenvalue weighted by Gasteiger charge is -2.32. The van der Waals surface area contributed by atoms with Crippen LogP contribution in [0.15, 0.2) is 10.6 Å². The van der Waals surface area contributed by atoms with Gasteiger partial charge >= 0.3 is 0 Å². The van der Waals surface area contributed by atoms with Gasteiger partial charge in [-0.2, -0.15) is 0 Å². The van der Waals surface area contributed by atoms with Gasteiger partial charge in [0.2, 0.25) is 0 Å². The van der Waals surface area contributed by atoms with Crippen LogP contribution in [-0.4, -0.2) is 33.9 Å². The topological polar surface area (TPSA) is 62.1 Å². The summed E-state index contributed by atoms with van der Waals surface area (Å²) < 4.78 is 5.90. The highest BCUT2D eigenvalue weighted by Gasteiger charge is 2.32. The van der Waals surface area contributed by atoms with Crippen LogP contribution < -0.4 is 0 Å². The van der Waals surface area contributed by atoms with E-state index in [2.05, 4.69) is 9.97 Å². The van der Waals surface area contributed by atoms with Crippen molar-refractivity contribution in [2.24, 2.45) is 0 Å². The molecule has 1 saturated heterocycles. The van der Waals surface area contributed by atoms with E-state index in [1.165, 1.54) is 5.56 Å². The Morgan fingerprint density at radius 2 is 2.12 bits per heavy atom. The maximum absolute atomic E-state index is 13.2. The van der Waals surface area contributed by atoms with E-state index < -0.39 is 0 Å². The average molecular weight is 327 g/mol. The number of nitrogens with one attached hydrogen (secondary N) is 1. The average Bonchev–Trinajstić information content (AvgIpc) is 3.17. The van der Waals surface area contributed by atoms with Gasteiger partial charge in [0.05, 0.1) is 5.56 Å². The molecule has 3 heterocycles. The number of fused-ring (bicyclic) bond motifs is 1. The molecule has 1 unspecified atom stereocenters. The molecule has 5 nitrogen and oxygen atoms in total. The molecule has 0 saturated carbocycles. The van der Waals surface area contributed by atoms with Crippen molar-refractivity contribution >= 4 is 5.91 Å². The second kappa shape index (κ2) is 6.11. The molecule has 24 heavy (non-hydrogen) atoms. The molecule has 1 fully saturated rings. The molecular formula is C19H25N3O2. The fourth-order valence-corrected chi connectivity index (χ4v) is 4.17. The number of piperidine rings is 1. The number of rotatable bonds is 2. The summed E-state index contributed by atoms with van der Waals surface area (Å²) in [5.41, 5.74) is 3.08. The van der Waals surface area contributed by atoms with Crippen LogP contribution >= 0.6 is 0 Å². The number of likely N-dealkylation sites (tertiary alicyclic amines) is 1. The SMILES string of the molecule is Cc1cnc(C2CCCN(C(=O)c3c(C)oc4c3CCCC4)C2)[nH]1. The van der Waals surface area contributed by atoms with Crippen LogP contribution in [0, 0.1) is 13.8 Å². The molecule has 2 aromatic heterocycles. The van der Waals surface area contributed by atoms with Crippen molar-refractivity contribution in [3.8, 4) is 0 Å². The van der Waals surface area contributed by atoms with Crippen molar-refractivity contribution < 1.29 is 9.21 Å². The molecule has 2 aliphatic rings. The number of H-pyrrole nitrogens is 1. The number of furan rings is 1. The van der Waals surface area contributed by atoms with Crippen molar-refractivity contribution in [2.45, 2.75) is 58.3 Å². The molecule has 1 atom stereocenters. The highest BCUT2D eigenvalue weighted by molar-refractivity contribution is 5.97. The summed E-state index contributed by atoms with van der Waals surface area (Å²) in [6.07, 6.45) is 8.24. The zero-order valence-corrected chi connectivity index (χ0v) is 14.5. The van der Waals surface area contributed by atoms with Gasteiger partial charge in [-0.25, -0.2) is 4.98 Å². The Balaban J connectivity index is 1.57. The van der Waals surface area contributed by atoms with Crippen molar-refractivity contribution in [3.63, 3.8) is 0 Å². The van der Waals surface area contributed by atoms with E-state index in [1.54, 1.807) is 0 Å². The normalized spacial score (nSPS) is 20.9.